The minimum absolute atomic E-state index is 0.0692. The Morgan fingerprint density at radius 2 is 2.10 bits per heavy atom. The molecule has 2 aliphatic rings. The summed E-state index contributed by atoms with van der Waals surface area (Å²) in [5.41, 5.74) is -0.117. The van der Waals surface area contributed by atoms with Gasteiger partial charge in [0.05, 0.1) is 6.61 Å². The lowest BCUT2D eigenvalue weighted by Gasteiger charge is -2.22. The predicted octanol–water partition coefficient (Wildman–Crippen LogP) is 1.53. The molecule has 1 aromatic rings. The van der Waals surface area contributed by atoms with Gasteiger partial charge in [-0.1, -0.05) is 18.2 Å². The molecule has 0 bridgehead atoms. The van der Waals surface area contributed by atoms with Crippen LogP contribution in [0.2, 0.25) is 0 Å². The van der Waals surface area contributed by atoms with Crippen LogP contribution in [0.5, 0.6) is 5.75 Å². The van der Waals surface area contributed by atoms with Crippen LogP contribution in [0, 0.1) is 5.41 Å². The number of carboxylic acid groups (broad SMARTS) is 1. The normalized spacial score (nSPS) is 23.4. The van der Waals surface area contributed by atoms with E-state index in [0.29, 0.717) is 19.4 Å². The van der Waals surface area contributed by atoms with Crippen molar-refractivity contribution in [3.63, 3.8) is 0 Å². The van der Waals surface area contributed by atoms with E-state index >= 15 is 0 Å². The fourth-order valence-corrected chi connectivity index (χ4v) is 2.71. The van der Waals surface area contributed by atoms with Crippen molar-refractivity contribution in [3.05, 3.63) is 29.8 Å². The van der Waals surface area contributed by atoms with Crippen molar-refractivity contribution in [2.24, 2.45) is 5.41 Å². The number of ether oxygens (including phenoxy) is 1. The first-order chi connectivity index (χ1) is 9.54. The second kappa shape index (κ2) is 4.51. The molecule has 20 heavy (non-hydrogen) atoms. The molecule has 2 N–H and O–H groups in total. The third-order valence-corrected chi connectivity index (χ3v) is 4.29. The van der Waals surface area contributed by atoms with Crippen LogP contribution in [-0.2, 0) is 9.59 Å². The second-order valence-electron chi connectivity index (χ2n) is 5.60. The number of carbonyl (C=O) groups is 2. The molecule has 1 aliphatic heterocycles. The number of hydrogen-bond acceptors (Lipinski definition) is 3. The summed E-state index contributed by atoms with van der Waals surface area (Å²) in [4.78, 5) is 23.3. The van der Waals surface area contributed by atoms with Crippen LogP contribution < -0.4 is 10.1 Å². The summed E-state index contributed by atoms with van der Waals surface area (Å²) in [5, 5.41) is 12.0. The van der Waals surface area contributed by atoms with Crippen molar-refractivity contribution in [2.75, 3.05) is 6.61 Å². The third-order valence-electron chi connectivity index (χ3n) is 4.29. The smallest absolute Gasteiger partial charge is 0.319 e. The van der Waals surface area contributed by atoms with E-state index in [-0.39, 0.29) is 17.9 Å². The number of rotatable bonds is 4. The van der Waals surface area contributed by atoms with Gasteiger partial charge in [0, 0.05) is 17.5 Å². The molecule has 0 radical (unpaired) electrons. The van der Waals surface area contributed by atoms with Crippen LogP contribution >= 0.6 is 0 Å². The van der Waals surface area contributed by atoms with Crippen LogP contribution in [0.4, 0.5) is 0 Å². The highest BCUT2D eigenvalue weighted by Gasteiger charge is 2.57. The van der Waals surface area contributed by atoms with Gasteiger partial charge in [-0.2, -0.15) is 0 Å². The molecule has 1 saturated carbocycles. The zero-order valence-electron chi connectivity index (χ0n) is 11.3. The van der Waals surface area contributed by atoms with Crippen molar-refractivity contribution in [2.45, 2.75) is 31.7 Å². The topological polar surface area (TPSA) is 75.6 Å². The lowest BCUT2D eigenvalue weighted by atomic mass is 9.93. The molecule has 2 atom stereocenters. The lowest BCUT2D eigenvalue weighted by molar-refractivity contribution is -0.149. The Morgan fingerprint density at radius 1 is 1.40 bits per heavy atom. The zero-order chi connectivity index (χ0) is 14.3. The van der Waals surface area contributed by atoms with Gasteiger partial charge in [0.25, 0.3) is 0 Å². The quantitative estimate of drug-likeness (QED) is 0.817. The van der Waals surface area contributed by atoms with Gasteiger partial charge in [-0.3, -0.25) is 9.59 Å². The summed E-state index contributed by atoms with van der Waals surface area (Å²) in [6.07, 6.45) is 0.858. The molecular formula is C15H17NO4. The highest BCUT2D eigenvalue weighted by Crippen LogP contribution is 2.46. The van der Waals surface area contributed by atoms with Crippen LogP contribution in [0.3, 0.4) is 0 Å². The van der Waals surface area contributed by atoms with Gasteiger partial charge >= 0.3 is 5.97 Å². The van der Waals surface area contributed by atoms with Gasteiger partial charge in [-0.25, -0.2) is 0 Å². The van der Waals surface area contributed by atoms with E-state index in [1.807, 2.05) is 31.2 Å². The molecule has 1 aliphatic carbocycles. The summed E-state index contributed by atoms with van der Waals surface area (Å²) in [7, 11) is 0. The minimum atomic E-state index is -1.19. The Kier molecular flexibility index (Phi) is 2.92. The molecule has 1 amide bonds. The molecule has 0 spiro atoms. The van der Waals surface area contributed by atoms with Gasteiger partial charge in [-0.05, 0) is 25.8 Å². The molecule has 5 nitrogen and oxygen atoms in total. The van der Waals surface area contributed by atoms with Gasteiger partial charge in [-0.15, -0.1) is 0 Å². The van der Waals surface area contributed by atoms with Crippen molar-refractivity contribution in [3.8, 4) is 5.75 Å². The van der Waals surface area contributed by atoms with Gasteiger partial charge < -0.3 is 15.2 Å². The SMILES string of the molecule is C[C@@H](NC(=O)C1(C(=O)O)CC1)[C@@H]1COc2ccccc21. The first-order valence-corrected chi connectivity index (χ1v) is 6.81. The Hall–Kier alpha value is -2.04. The number of fused-ring (bicyclic) bond motifs is 1. The van der Waals surface area contributed by atoms with E-state index in [1.54, 1.807) is 0 Å². The fourth-order valence-electron chi connectivity index (χ4n) is 2.71. The molecule has 0 aromatic heterocycles. The molecule has 1 heterocycles. The Balaban J connectivity index is 1.71. The average Bonchev–Trinajstić information content (AvgIpc) is 3.13. The van der Waals surface area contributed by atoms with Crippen molar-refractivity contribution in [1.82, 2.24) is 5.32 Å². The maximum absolute atomic E-state index is 12.1. The number of amides is 1. The van der Waals surface area contributed by atoms with E-state index in [4.69, 9.17) is 9.84 Å². The maximum Gasteiger partial charge on any atom is 0.319 e. The lowest BCUT2D eigenvalue weighted by Crippen LogP contribution is -2.44. The van der Waals surface area contributed by atoms with Crippen molar-refractivity contribution in [1.29, 1.82) is 0 Å². The summed E-state index contributed by atoms with van der Waals surface area (Å²) in [6, 6.07) is 7.59. The van der Waals surface area contributed by atoms with E-state index in [1.165, 1.54) is 0 Å². The number of aliphatic carboxylic acids is 1. The first-order valence-electron chi connectivity index (χ1n) is 6.81. The summed E-state index contributed by atoms with van der Waals surface area (Å²) in [5.74, 6) is -0.482. The van der Waals surface area contributed by atoms with Crippen LogP contribution in [-0.4, -0.2) is 29.6 Å². The molecule has 1 fully saturated rings. The molecule has 5 heteroatoms. The van der Waals surface area contributed by atoms with E-state index in [2.05, 4.69) is 5.32 Å². The number of para-hydroxylation sites is 1. The number of nitrogens with one attached hydrogen (secondary N) is 1. The Bertz CT molecular complexity index is 565. The molecule has 0 unspecified atom stereocenters. The average molecular weight is 275 g/mol. The van der Waals surface area contributed by atoms with E-state index in [0.717, 1.165) is 11.3 Å². The number of carboxylic acids is 1. The maximum atomic E-state index is 12.1. The van der Waals surface area contributed by atoms with Crippen molar-refractivity contribution < 1.29 is 19.4 Å². The third kappa shape index (κ3) is 1.94. The Morgan fingerprint density at radius 3 is 2.75 bits per heavy atom. The highest BCUT2D eigenvalue weighted by molar-refractivity contribution is 6.04. The van der Waals surface area contributed by atoms with E-state index < -0.39 is 11.4 Å². The van der Waals surface area contributed by atoms with Gasteiger partial charge in [0.1, 0.15) is 11.2 Å². The van der Waals surface area contributed by atoms with Gasteiger partial charge in [0.2, 0.25) is 5.91 Å². The fraction of sp³-hybridized carbons (Fsp3) is 0.467. The molecule has 0 saturated heterocycles. The first kappa shape index (κ1) is 13.0. The molecule has 1 aromatic carbocycles. The summed E-state index contributed by atoms with van der Waals surface area (Å²) < 4.78 is 5.59. The monoisotopic (exact) mass is 275 g/mol. The number of benzene rings is 1. The second-order valence-corrected chi connectivity index (χ2v) is 5.60. The van der Waals surface area contributed by atoms with E-state index in [9.17, 15) is 9.59 Å². The molecule has 3 rings (SSSR count). The summed E-state index contributed by atoms with van der Waals surface area (Å²) in [6.45, 7) is 2.41. The van der Waals surface area contributed by atoms with Crippen LogP contribution in [0.25, 0.3) is 0 Å². The molecular weight excluding hydrogens is 258 g/mol. The largest absolute Gasteiger partial charge is 0.493 e. The van der Waals surface area contributed by atoms with Crippen LogP contribution in [0.15, 0.2) is 24.3 Å². The Labute approximate surface area is 116 Å². The van der Waals surface area contributed by atoms with Gasteiger partial charge in [0.15, 0.2) is 0 Å². The standard InChI is InChI=1S/C15H17NO4/c1-9(16-13(17)15(6-7-15)14(18)19)11-8-20-12-5-3-2-4-10(11)12/h2-5,9,11H,6-8H2,1H3,(H,16,17)(H,18,19)/t9-,11+/m1/s1. The zero-order valence-corrected chi connectivity index (χ0v) is 11.3. The molecule has 106 valence electrons. The van der Waals surface area contributed by atoms with Crippen molar-refractivity contribution >= 4 is 11.9 Å². The highest BCUT2D eigenvalue weighted by atomic mass is 16.5. The predicted molar refractivity (Wildman–Crippen MR) is 71.6 cm³/mol. The van der Waals surface area contributed by atoms with Crippen LogP contribution in [0.1, 0.15) is 31.2 Å². The number of carbonyl (C=O) groups excluding carboxylic acids is 1. The summed E-state index contributed by atoms with van der Waals surface area (Å²) >= 11 is 0. The number of hydrogen-bond donors (Lipinski definition) is 2. The minimum Gasteiger partial charge on any atom is -0.493 e.